The van der Waals surface area contributed by atoms with Gasteiger partial charge in [0.05, 0.1) is 6.61 Å². The normalized spacial score (nSPS) is 17.7. The second-order valence-electron chi connectivity index (χ2n) is 10.1. The van der Waals surface area contributed by atoms with Gasteiger partial charge in [-0.15, -0.1) is 0 Å². The summed E-state index contributed by atoms with van der Waals surface area (Å²) in [6, 6.07) is 13.2. The lowest BCUT2D eigenvalue weighted by atomic mass is 9.80. The largest absolute Gasteiger partial charge is 0.493 e. The molecule has 35 heavy (non-hydrogen) atoms. The summed E-state index contributed by atoms with van der Waals surface area (Å²) in [5, 5.41) is 0. The standard InChI is InChI=1S/C31H42FNO2/c1-4-6-7-9-24-11-13-26(14-12-24)23-35-28-19-20-29(30(32)22-28)27-17-15-25(16-18-27)10-8-21-33(3)31(34)5-2/h5,15-20,22,24,26H,2,4,6-14,21,23H2,1,3H3. The van der Waals surface area contributed by atoms with Gasteiger partial charge in [0.15, 0.2) is 0 Å². The lowest BCUT2D eigenvalue weighted by molar-refractivity contribution is -0.124. The summed E-state index contributed by atoms with van der Waals surface area (Å²) in [5.74, 6) is 1.78. The Labute approximate surface area is 211 Å². The fourth-order valence-corrected chi connectivity index (χ4v) is 5.04. The maximum Gasteiger partial charge on any atom is 0.245 e. The van der Waals surface area contributed by atoms with Crippen LogP contribution < -0.4 is 4.74 Å². The van der Waals surface area contributed by atoms with E-state index in [1.54, 1.807) is 11.9 Å². The van der Waals surface area contributed by atoms with Gasteiger partial charge in [0.1, 0.15) is 11.6 Å². The quantitative estimate of drug-likeness (QED) is 0.216. The van der Waals surface area contributed by atoms with Gasteiger partial charge in [-0.2, -0.15) is 0 Å². The summed E-state index contributed by atoms with van der Waals surface area (Å²) >= 11 is 0. The van der Waals surface area contributed by atoms with E-state index in [-0.39, 0.29) is 11.7 Å². The van der Waals surface area contributed by atoms with E-state index in [2.05, 4.69) is 13.5 Å². The fourth-order valence-electron chi connectivity index (χ4n) is 5.04. The first-order valence-electron chi connectivity index (χ1n) is 13.4. The summed E-state index contributed by atoms with van der Waals surface area (Å²) in [4.78, 5) is 13.2. The Balaban J connectivity index is 1.45. The highest BCUT2D eigenvalue weighted by Gasteiger charge is 2.21. The third-order valence-corrected chi connectivity index (χ3v) is 7.38. The lowest BCUT2D eigenvalue weighted by Gasteiger charge is -2.28. The van der Waals surface area contributed by atoms with Gasteiger partial charge < -0.3 is 9.64 Å². The number of halogens is 1. The van der Waals surface area contributed by atoms with E-state index < -0.39 is 0 Å². The molecule has 3 rings (SSSR count). The minimum atomic E-state index is -0.251. The van der Waals surface area contributed by atoms with Crippen LogP contribution >= 0.6 is 0 Å². The van der Waals surface area contributed by atoms with E-state index >= 15 is 0 Å². The molecule has 2 aromatic carbocycles. The van der Waals surface area contributed by atoms with Crippen LogP contribution in [-0.4, -0.2) is 31.0 Å². The minimum absolute atomic E-state index is 0.0616. The Bertz CT molecular complexity index is 931. The number of rotatable bonds is 13. The monoisotopic (exact) mass is 479 g/mol. The third kappa shape index (κ3) is 8.52. The number of benzene rings is 2. The van der Waals surface area contributed by atoms with Crippen LogP contribution in [0.3, 0.4) is 0 Å². The molecule has 0 aromatic heterocycles. The van der Waals surface area contributed by atoms with E-state index in [4.69, 9.17) is 4.74 Å². The molecular formula is C31H42FNO2. The first-order chi connectivity index (χ1) is 17.0. The molecule has 1 fully saturated rings. The molecule has 0 radical (unpaired) electrons. The fraction of sp³-hybridized carbons (Fsp3) is 0.516. The molecule has 0 aliphatic heterocycles. The zero-order valence-electron chi connectivity index (χ0n) is 21.6. The molecule has 1 saturated carbocycles. The molecule has 0 saturated heterocycles. The van der Waals surface area contributed by atoms with Gasteiger partial charge in [-0.3, -0.25) is 4.79 Å². The van der Waals surface area contributed by atoms with Crippen LogP contribution in [-0.2, 0) is 11.2 Å². The van der Waals surface area contributed by atoms with Crippen LogP contribution in [0.4, 0.5) is 4.39 Å². The minimum Gasteiger partial charge on any atom is -0.493 e. The van der Waals surface area contributed by atoms with Crippen molar-refractivity contribution in [2.24, 2.45) is 11.8 Å². The Kier molecular flexibility index (Phi) is 10.8. The molecule has 3 nitrogen and oxygen atoms in total. The smallest absolute Gasteiger partial charge is 0.245 e. The second kappa shape index (κ2) is 14.1. The molecule has 2 aromatic rings. The summed E-state index contributed by atoms with van der Waals surface area (Å²) in [5.41, 5.74) is 2.62. The number of ether oxygens (including phenoxy) is 1. The Hall–Kier alpha value is -2.62. The molecule has 1 aliphatic carbocycles. The third-order valence-electron chi connectivity index (χ3n) is 7.38. The van der Waals surface area contributed by atoms with Crippen LogP contribution in [0.25, 0.3) is 11.1 Å². The van der Waals surface area contributed by atoms with Crippen LogP contribution in [0.1, 0.15) is 70.3 Å². The van der Waals surface area contributed by atoms with Gasteiger partial charge in [0.25, 0.3) is 0 Å². The molecule has 0 unspecified atom stereocenters. The average molecular weight is 480 g/mol. The summed E-state index contributed by atoms with van der Waals surface area (Å²) in [6.07, 6.45) is 13.5. The Morgan fingerprint density at radius 2 is 1.77 bits per heavy atom. The van der Waals surface area contributed by atoms with E-state index in [0.29, 0.717) is 30.4 Å². The first-order valence-corrected chi connectivity index (χ1v) is 13.4. The number of aryl methyl sites for hydroxylation is 1. The zero-order valence-corrected chi connectivity index (χ0v) is 21.6. The van der Waals surface area contributed by atoms with Crippen LogP contribution in [0.15, 0.2) is 55.1 Å². The van der Waals surface area contributed by atoms with Crippen molar-refractivity contribution in [1.29, 1.82) is 0 Å². The number of likely N-dealkylation sites (N-methyl/N-ethyl adjacent to an activating group) is 1. The van der Waals surface area contributed by atoms with E-state index in [9.17, 15) is 9.18 Å². The molecule has 0 bridgehead atoms. The Morgan fingerprint density at radius 3 is 2.43 bits per heavy atom. The van der Waals surface area contributed by atoms with Crippen molar-refractivity contribution in [3.05, 3.63) is 66.5 Å². The summed E-state index contributed by atoms with van der Waals surface area (Å²) in [6.45, 7) is 7.14. The highest BCUT2D eigenvalue weighted by molar-refractivity contribution is 5.86. The highest BCUT2D eigenvalue weighted by atomic mass is 19.1. The van der Waals surface area contributed by atoms with E-state index in [1.807, 2.05) is 36.4 Å². The van der Waals surface area contributed by atoms with Gasteiger partial charge in [-0.25, -0.2) is 4.39 Å². The van der Waals surface area contributed by atoms with Crippen molar-refractivity contribution >= 4 is 5.91 Å². The van der Waals surface area contributed by atoms with Gasteiger partial charge in [-0.05, 0) is 66.9 Å². The molecule has 190 valence electrons. The molecule has 0 atom stereocenters. The SMILES string of the molecule is C=CC(=O)N(C)CCCc1ccc(-c2ccc(OCC3CCC(CCCCC)CC3)cc2F)cc1. The van der Waals surface area contributed by atoms with Crippen molar-refractivity contribution in [1.82, 2.24) is 4.90 Å². The van der Waals surface area contributed by atoms with E-state index in [0.717, 1.165) is 24.3 Å². The number of carbonyl (C=O) groups excluding carboxylic acids is 1. The average Bonchev–Trinajstić information content (AvgIpc) is 2.88. The maximum absolute atomic E-state index is 14.9. The summed E-state index contributed by atoms with van der Waals surface area (Å²) in [7, 11) is 1.78. The molecular weight excluding hydrogens is 437 g/mol. The second-order valence-corrected chi connectivity index (χ2v) is 10.1. The number of unbranched alkanes of at least 4 members (excludes halogenated alkanes) is 2. The zero-order chi connectivity index (χ0) is 25.0. The van der Waals surface area contributed by atoms with Crippen LogP contribution in [0.5, 0.6) is 5.75 Å². The van der Waals surface area contributed by atoms with Crippen molar-refractivity contribution in [2.75, 3.05) is 20.2 Å². The van der Waals surface area contributed by atoms with Crippen molar-refractivity contribution in [3.8, 4) is 16.9 Å². The number of hydrogen-bond acceptors (Lipinski definition) is 2. The number of nitrogens with zero attached hydrogens (tertiary/aromatic N) is 1. The number of carbonyl (C=O) groups is 1. The first kappa shape index (κ1) is 27.0. The predicted molar refractivity (Wildman–Crippen MR) is 143 cm³/mol. The molecule has 0 spiro atoms. The Morgan fingerprint density at radius 1 is 1.06 bits per heavy atom. The molecule has 0 N–H and O–H groups in total. The van der Waals surface area contributed by atoms with Gasteiger partial charge in [0, 0.05) is 25.2 Å². The predicted octanol–water partition coefficient (Wildman–Crippen LogP) is 7.84. The molecule has 1 amide bonds. The number of hydrogen-bond donors (Lipinski definition) is 0. The molecule has 4 heteroatoms. The van der Waals surface area contributed by atoms with Crippen LogP contribution in [0.2, 0.25) is 0 Å². The highest BCUT2D eigenvalue weighted by Crippen LogP contribution is 2.33. The van der Waals surface area contributed by atoms with Gasteiger partial charge in [0.2, 0.25) is 5.91 Å². The van der Waals surface area contributed by atoms with E-state index in [1.165, 1.54) is 69.1 Å². The lowest BCUT2D eigenvalue weighted by Crippen LogP contribution is -2.25. The van der Waals surface area contributed by atoms with Crippen molar-refractivity contribution in [3.63, 3.8) is 0 Å². The number of amides is 1. The topological polar surface area (TPSA) is 29.5 Å². The molecule has 1 aliphatic rings. The van der Waals surface area contributed by atoms with Crippen molar-refractivity contribution in [2.45, 2.75) is 71.1 Å². The molecule has 0 heterocycles. The summed E-state index contributed by atoms with van der Waals surface area (Å²) < 4.78 is 20.9. The van der Waals surface area contributed by atoms with Gasteiger partial charge in [-0.1, -0.05) is 76.3 Å². The maximum atomic E-state index is 14.9. The van der Waals surface area contributed by atoms with Crippen molar-refractivity contribution < 1.29 is 13.9 Å². The van der Waals surface area contributed by atoms with Crippen LogP contribution in [0, 0.1) is 17.7 Å². The van der Waals surface area contributed by atoms with Gasteiger partial charge >= 0.3 is 0 Å².